The third kappa shape index (κ3) is 3.32. The fraction of sp³-hybridized carbons (Fsp3) is 0.154. The van der Waals surface area contributed by atoms with E-state index in [0.29, 0.717) is 0 Å². The van der Waals surface area contributed by atoms with Crippen LogP contribution < -0.4 is 10.9 Å². The van der Waals surface area contributed by atoms with Gasteiger partial charge in [0, 0.05) is 17.5 Å². The van der Waals surface area contributed by atoms with Crippen LogP contribution in [0, 0.1) is 10.1 Å². The Bertz CT molecular complexity index is 857. The van der Waals surface area contributed by atoms with E-state index in [9.17, 15) is 24.5 Å². The molecule has 1 atom stereocenters. The molecular formula is C13H10N2O8. The Morgan fingerprint density at radius 1 is 1.35 bits per heavy atom. The molecule has 0 bridgehead atoms. The van der Waals surface area contributed by atoms with Gasteiger partial charge in [0.05, 0.1) is 11.5 Å². The van der Waals surface area contributed by atoms with Crippen LogP contribution in [-0.4, -0.2) is 39.7 Å². The first kappa shape index (κ1) is 16.1. The SMILES string of the molecule is O=C(N[C@@H](CO)C(=O)O)c1cc2cc([N+](=O)[O-])ccc2oc1=O. The van der Waals surface area contributed by atoms with Crippen molar-refractivity contribution in [3.63, 3.8) is 0 Å². The van der Waals surface area contributed by atoms with Gasteiger partial charge in [-0.25, -0.2) is 9.59 Å². The molecule has 10 nitrogen and oxygen atoms in total. The van der Waals surface area contributed by atoms with Crippen LogP contribution in [0.15, 0.2) is 33.5 Å². The zero-order valence-corrected chi connectivity index (χ0v) is 11.4. The van der Waals surface area contributed by atoms with Crippen molar-refractivity contribution in [1.82, 2.24) is 5.32 Å². The van der Waals surface area contributed by atoms with E-state index in [0.717, 1.165) is 18.2 Å². The molecule has 0 radical (unpaired) electrons. The molecule has 1 amide bonds. The van der Waals surface area contributed by atoms with Crippen LogP contribution >= 0.6 is 0 Å². The molecule has 0 aliphatic carbocycles. The highest BCUT2D eigenvalue weighted by atomic mass is 16.6. The Labute approximate surface area is 127 Å². The van der Waals surface area contributed by atoms with Crippen molar-refractivity contribution in [3.8, 4) is 0 Å². The number of nitro groups is 1. The van der Waals surface area contributed by atoms with Gasteiger partial charge in [-0.15, -0.1) is 0 Å². The maximum atomic E-state index is 11.9. The number of nitrogens with zero attached hydrogens (tertiary/aromatic N) is 1. The molecule has 0 saturated heterocycles. The van der Waals surface area contributed by atoms with Crippen LogP contribution in [0.4, 0.5) is 5.69 Å². The van der Waals surface area contributed by atoms with Gasteiger partial charge in [0.1, 0.15) is 11.1 Å². The number of carboxylic acid groups (broad SMARTS) is 1. The van der Waals surface area contributed by atoms with Gasteiger partial charge in [-0.1, -0.05) is 0 Å². The van der Waals surface area contributed by atoms with E-state index < -0.39 is 40.6 Å². The molecule has 1 aromatic carbocycles. The standard InChI is InChI=1S/C13H10N2O8/c16-5-9(12(18)19)14-11(17)8-4-6-3-7(15(21)22)1-2-10(6)23-13(8)20/h1-4,9,16H,5H2,(H,14,17)(H,18,19)/t9-/m0/s1. The lowest BCUT2D eigenvalue weighted by Gasteiger charge is -2.11. The van der Waals surface area contributed by atoms with Crippen molar-refractivity contribution in [2.75, 3.05) is 6.61 Å². The summed E-state index contributed by atoms with van der Waals surface area (Å²) in [4.78, 5) is 44.5. The molecule has 1 heterocycles. The third-order valence-electron chi connectivity index (χ3n) is 2.96. The van der Waals surface area contributed by atoms with E-state index in [2.05, 4.69) is 0 Å². The maximum absolute atomic E-state index is 11.9. The van der Waals surface area contributed by atoms with Crippen molar-refractivity contribution in [2.24, 2.45) is 0 Å². The lowest BCUT2D eigenvalue weighted by atomic mass is 10.1. The minimum absolute atomic E-state index is 0.0362. The Morgan fingerprint density at radius 2 is 2.04 bits per heavy atom. The van der Waals surface area contributed by atoms with Crippen LogP contribution in [-0.2, 0) is 4.79 Å². The number of carboxylic acids is 1. The number of carbonyl (C=O) groups is 2. The molecule has 0 aliphatic heterocycles. The monoisotopic (exact) mass is 322 g/mol. The quantitative estimate of drug-likeness (QED) is 0.390. The number of aliphatic hydroxyl groups is 1. The summed E-state index contributed by atoms with van der Waals surface area (Å²) in [7, 11) is 0. The molecule has 2 aromatic rings. The van der Waals surface area contributed by atoms with E-state index in [4.69, 9.17) is 14.6 Å². The highest BCUT2D eigenvalue weighted by Gasteiger charge is 2.22. The summed E-state index contributed by atoms with van der Waals surface area (Å²) in [6.07, 6.45) is 0. The van der Waals surface area contributed by atoms with Gasteiger partial charge >= 0.3 is 11.6 Å². The summed E-state index contributed by atoms with van der Waals surface area (Å²) < 4.78 is 4.88. The van der Waals surface area contributed by atoms with E-state index >= 15 is 0 Å². The van der Waals surface area contributed by atoms with Gasteiger partial charge in [-0.3, -0.25) is 14.9 Å². The van der Waals surface area contributed by atoms with Crippen LogP contribution in [0.3, 0.4) is 0 Å². The second-order valence-electron chi connectivity index (χ2n) is 4.47. The van der Waals surface area contributed by atoms with E-state index in [-0.39, 0.29) is 16.7 Å². The normalized spacial score (nSPS) is 11.9. The Morgan fingerprint density at radius 3 is 2.61 bits per heavy atom. The van der Waals surface area contributed by atoms with E-state index in [1.54, 1.807) is 0 Å². The second-order valence-corrected chi connectivity index (χ2v) is 4.47. The summed E-state index contributed by atoms with van der Waals surface area (Å²) in [6.45, 7) is -0.870. The smallest absolute Gasteiger partial charge is 0.349 e. The summed E-state index contributed by atoms with van der Waals surface area (Å²) in [6, 6.07) is 2.92. The number of nitrogens with one attached hydrogen (secondary N) is 1. The van der Waals surface area contributed by atoms with Gasteiger partial charge in [0.25, 0.3) is 11.6 Å². The molecule has 0 spiro atoms. The first-order valence-electron chi connectivity index (χ1n) is 6.20. The number of aliphatic hydroxyl groups excluding tert-OH is 1. The van der Waals surface area contributed by atoms with Gasteiger partial charge < -0.3 is 19.9 Å². The number of non-ortho nitro benzene ring substituents is 1. The molecule has 0 fully saturated rings. The predicted molar refractivity (Wildman–Crippen MR) is 75.1 cm³/mol. The number of aliphatic carboxylic acids is 1. The summed E-state index contributed by atoms with van der Waals surface area (Å²) in [5, 5.41) is 30.4. The number of hydrogen-bond donors (Lipinski definition) is 3. The molecule has 0 saturated carbocycles. The molecular weight excluding hydrogens is 312 g/mol. The fourth-order valence-corrected chi connectivity index (χ4v) is 1.80. The summed E-state index contributed by atoms with van der Waals surface area (Å²) in [5.41, 5.74) is -1.80. The third-order valence-corrected chi connectivity index (χ3v) is 2.96. The minimum Gasteiger partial charge on any atom is -0.480 e. The molecule has 0 aliphatic rings. The topological polar surface area (TPSA) is 160 Å². The van der Waals surface area contributed by atoms with Gasteiger partial charge in [0.2, 0.25) is 0 Å². The van der Waals surface area contributed by atoms with Gasteiger partial charge in [-0.05, 0) is 12.1 Å². The van der Waals surface area contributed by atoms with Crippen LogP contribution in [0.1, 0.15) is 10.4 Å². The van der Waals surface area contributed by atoms with Gasteiger partial charge in [-0.2, -0.15) is 0 Å². The molecule has 3 N–H and O–H groups in total. The Balaban J connectivity index is 2.45. The molecule has 1 aromatic heterocycles. The Hall–Kier alpha value is -3.27. The van der Waals surface area contributed by atoms with Crippen molar-refractivity contribution in [2.45, 2.75) is 6.04 Å². The second kappa shape index (κ2) is 6.23. The minimum atomic E-state index is -1.59. The number of benzene rings is 1. The zero-order chi connectivity index (χ0) is 17.1. The van der Waals surface area contributed by atoms with Crippen LogP contribution in [0.25, 0.3) is 11.0 Å². The number of hydrogen-bond acceptors (Lipinski definition) is 7. The summed E-state index contributed by atoms with van der Waals surface area (Å²) >= 11 is 0. The number of fused-ring (bicyclic) bond motifs is 1. The van der Waals surface area contributed by atoms with Crippen LogP contribution in [0.5, 0.6) is 0 Å². The van der Waals surface area contributed by atoms with Crippen molar-refractivity contribution >= 4 is 28.5 Å². The number of nitro benzene ring substituents is 1. The zero-order valence-electron chi connectivity index (χ0n) is 11.4. The van der Waals surface area contributed by atoms with Gasteiger partial charge in [0.15, 0.2) is 6.04 Å². The first-order valence-corrected chi connectivity index (χ1v) is 6.20. The maximum Gasteiger partial charge on any atom is 0.349 e. The highest BCUT2D eigenvalue weighted by molar-refractivity contribution is 5.98. The van der Waals surface area contributed by atoms with E-state index in [1.165, 1.54) is 6.07 Å². The number of amides is 1. The molecule has 2 rings (SSSR count). The lowest BCUT2D eigenvalue weighted by molar-refractivity contribution is -0.384. The van der Waals surface area contributed by atoms with E-state index in [1.807, 2.05) is 5.32 Å². The van der Waals surface area contributed by atoms with Crippen molar-refractivity contribution in [1.29, 1.82) is 0 Å². The molecule has 23 heavy (non-hydrogen) atoms. The molecule has 120 valence electrons. The average Bonchev–Trinajstić information content (AvgIpc) is 2.50. The Kier molecular flexibility index (Phi) is 4.37. The number of rotatable bonds is 5. The average molecular weight is 322 g/mol. The molecule has 10 heteroatoms. The predicted octanol–water partition coefficient (Wildman–Crippen LogP) is -0.124. The lowest BCUT2D eigenvalue weighted by Crippen LogP contribution is -2.44. The first-order chi connectivity index (χ1) is 10.8. The molecule has 0 unspecified atom stereocenters. The van der Waals surface area contributed by atoms with Crippen molar-refractivity contribution < 1.29 is 29.1 Å². The fourth-order valence-electron chi connectivity index (χ4n) is 1.80. The number of carbonyl (C=O) groups excluding carboxylic acids is 1. The highest BCUT2D eigenvalue weighted by Crippen LogP contribution is 2.20. The summed E-state index contributed by atoms with van der Waals surface area (Å²) in [5.74, 6) is -2.56. The largest absolute Gasteiger partial charge is 0.480 e. The van der Waals surface area contributed by atoms with Crippen LogP contribution in [0.2, 0.25) is 0 Å². The van der Waals surface area contributed by atoms with Crippen molar-refractivity contribution in [3.05, 3.63) is 50.4 Å².